The molecule has 0 saturated carbocycles. The number of aryl methyl sites for hydroxylation is 2. The van der Waals surface area contributed by atoms with Crippen LogP contribution in [0.5, 0.6) is 0 Å². The zero-order valence-corrected chi connectivity index (χ0v) is 15.6. The van der Waals surface area contributed by atoms with Crippen LogP contribution in [0.25, 0.3) is 10.2 Å². The minimum absolute atomic E-state index is 0.0199. The number of nitrogens with one attached hydrogen (secondary N) is 1. The lowest BCUT2D eigenvalue weighted by molar-refractivity contribution is 0.0331. The Morgan fingerprint density at radius 2 is 2.04 bits per heavy atom. The SMILES string of the molecule is CC(CO)Nc1nc(CN2CCOCC2)nc2sc3c(c12)CCCC3. The first-order chi connectivity index (χ1) is 12.2. The minimum atomic E-state index is -0.0199. The van der Waals surface area contributed by atoms with Crippen molar-refractivity contribution >= 4 is 27.4 Å². The van der Waals surface area contributed by atoms with Crippen molar-refractivity contribution in [3.8, 4) is 0 Å². The fourth-order valence-electron chi connectivity index (χ4n) is 3.62. The van der Waals surface area contributed by atoms with E-state index in [-0.39, 0.29) is 12.6 Å². The molecule has 1 atom stereocenters. The van der Waals surface area contributed by atoms with Crippen LogP contribution in [-0.2, 0) is 24.1 Å². The summed E-state index contributed by atoms with van der Waals surface area (Å²) in [6.07, 6.45) is 4.78. The van der Waals surface area contributed by atoms with Gasteiger partial charge in [-0.1, -0.05) is 0 Å². The second-order valence-electron chi connectivity index (χ2n) is 7.00. The van der Waals surface area contributed by atoms with Crippen LogP contribution >= 0.6 is 11.3 Å². The smallest absolute Gasteiger partial charge is 0.146 e. The van der Waals surface area contributed by atoms with Gasteiger partial charge in [0.1, 0.15) is 16.5 Å². The Kier molecular flexibility index (Phi) is 5.17. The summed E-state index contributed by atoms with van der Waals surface area (Å²) in [6, 6.07) is -0.0199. The summed E-state index contributed by atoms with van der Waals surface area (Å²) in [4.78, 5) is 14.7. The molecule has 0 aromatic carbocycles. The van der Waals surface area contributed by atoms with E-state index >= 15 is 0 Å². The summed E-state index contributed by atoms with van der Waals surface area (Å²) in [5.41, 5.74) is 1.43. The Hall–Kier alpha value is -1.28. The van der Waals surface area contributed by atoms with Gasteiger partial charge in [-0.25, -0.2) is 9.97 Å². The maximum Gasteiger partial charge on any atom is 0.146 e. The second-order valence-corrected chi connectivity index (χ2v) is 8.08. The van der Waals surface area contributed by atoms with E-state index in [1.165, 1.54) is 28.7 Å². The van der Waals surface area contributed by atoms with E-state index in [4.69, 9.17) is 14.7 Å². The van der Waals surface area contributed by atoms with Crippen molar-refractivity contribution in [3.63, 3.8) is 0 Å². The van der Waals surface area contributed by atoms with Crippen LogP contribution in [0.15, 0.2) is 0 Å². The van der Waals surface area contributed by atoms with Crippen LogP contribution in [0, 0.1) is 0 Å². The first-order valence-electron chi connectivity index (χ1n) is 9.23. The number of aromatic nitrogens is 2. The van der Waals surface area contributed by atoms with Crippen molar-refractivity contribution in [1.29, 1.82) is 0 Å². The largest absolute Gasteiger partial charge is 0.394 e. The number of aliphatic hydroxyl groups excluding tert-OH is 1. The molecule has 2 N–H and O–H groups in total. The van der Waals surface area contributed by atoms with Crippen LogP contribution in [-0.4, -0.2) is 58.9 Å². The number of fused-ring (bicyclic) bond motifs is 3. The van der Waals surface area contributed by atoms with E-state index in [0.29, 0.717) is 0 Å². The van der Waals surface area contributed by atoms with Crippen LogP contribution in [0.2, 0.25) is 0 Å². The number of ether oxygens (including phenoxy) is 1. The number of thiophene rings is 1. The molecule has 25 heavy (non-hydrogen) atoms. The van der Waals surface area contributed by atoms with Gasteiger partial charge in [0.15, 0.2) is 0 Å². The van der Waals surface area contributed by atoms with Gasteiger partial charge < -0.3 is 15.2 Å². The van der Waals surface area contributed by atoms with E-state index in [9.17, 15) is 5.11 Å². The third-order valence-electron chi connectivity index (χ3n) is 4.99. The predicted octanol–water partition coefficient (Wildman–Crippen LogP) is 2.20. The van der Waals surface area contributed by atoms with E-state index in [1.807, 2.05) is 18.3 Å². The number of hydrogen-bond donors (Lipinski definition) is 2. The number of aliphatic hydroxyl groups is 1. The fraction of sp³-hybridized carbons (Fsp3) is 0.667. The molecule has 1 aliphatic carbocycles. The summed E-state index contributed by atoms with van der Waals surface area (Å²) < 4.78 is 5.43. The molecule has 1 aliphatic heterocycles. The van der Waals surface area contributed by atoms with Gasteiger partial charge in [0.2, 0.25) is 0 Å². The normalized spacial score (nSPS) is 19.8. The number of rotatable bonds is 5. The van der Waals surface area contributed by atoms with Gasteiger partial charge in [-0.15, -0.1) is 11.3 Å². The molecule has 2 aromatic rings. The molecule has 0 radical (unpaired) electrons. The number of hydrogen-bond acceptors (Lipinski definition) is 7. The van der Waals surface area contributed by atoms with Gasteiger partial charge in [0.05, 0.1) is 31.8 Å². The van der Waals surface area contributed by atoms with Gasteiger partial charge in [-0.05, 0) is 38.2 Å². The fourth-order valence-corrected chi connectivity index (χ4v) is 4.90. The van der Waals surface area contributed by atoms with Crippen LogP contribution in [0.1, 0.15) is 36.0 Å². The Morgan fingerprint density at radius 3 is 2.84 bits per heavy atom. The summed E-state index contributed by atoms with van der Waals surface area (Å²) in [5, 5.41) is 14.1. The molecule has 136 valence electrons. The molecule has 1 saturated heterocycles. The molecule has 2 aliphatic rings. The summed E-state index contributed by atoms with van der Waals surface area (Å²) in [7, 11) is 0. The maximum atomic E-state index is 9.46. The maximum absolute atomic E-state index is 9.46. The van der Waals surface area contributed by atoms with E-state index in [2.05, 4.69) is 10.2 Å². The Morgan fingerprint density at radius 1 is 1.24 bits per heavy atom. The molecule has 7 heteroatoms. The minimum Gasteiger partial charge on any atom is -0.394 e. The molecule has 4 rings (SSSR count). The summed E-state index contributed by atoms with van der Waals surface area (Å²) >= 11 is 1.83. The molecule has 3 heterocycles. The summed E-state index contributed by atoms with van der Waals surface area (Å²) in [5.74, 6) is 1.76. The Balaban J connectivity index is 1.71. The second kappa shape index (κ2) is 7.53. The number of morpholine rings is 1. The van der Waals surface area contributed by atoms with E-state index in [0.717, 1.165) is 62.2 Å². The quantitative estimate of drug-likeness (QED) is 0.850. The number of anilines is 1. The topological polar surface area (TPSA) is 70.5 Å². The van der Waals surface area contributed by atoms with Gasteiger partial charge >= 0.3 is 0 Å². The van der Waals surface area contributed by atoms with Gasteiger partial charge in [-0.2, -0.15) is 0 Å². The molecular weight excluding hydrogens is 336 g/mol. The van der Waals surface area contributed by atoms with E-state index < -0.39 is 0 Å². The zero-order chi connectivity index (χ0) is 17.2. The lowest BCUT2D eigenvalue weighted by atomic mass is 9.97. The monoisotopic (exact) mass is 362 g/mol. The molecule has 0 amide bonds. The lowest BCUT2D eigenvalue weighted by Gasteiger charge is -2.26. The van der Waals surface area contributed by atoms with Crippen molar-refractivity contribution in [1.82, 2.24) is 14.9 Å². The van der Waals surface area contributed by atoms with Crippen LogP contribution < -0.4 is 5.32 Å². The zero-order valence-electron chi connectivity index (χ0n) is 14.8. The standard InChI is InChI=1S/C18H26N4O2S/c1-12(11-23)19-17-16-13-4-2-3-5-14(13)25-18(16)21-15(20-17)10-22-6-8-24-9-7-22/h12,23H,2-11H2,1H3,(H,19,20,21). The van der Waals surface area contributed by atoms with E-state index in [1.54, 1.807) is 0 Å². The molecule has 0 bridgehead atoms. The van der Waals surface area contributed by atoms with Crippen molar-refractivity contribution < 1.29 is 9.84 Å². The molecule has 1 fully saturated rings. The third-order valence-corrected chi connectivity index (χ3v) is 6.17. The summed E-state index contributed by atoms with van der Waals surface area (Å²) in [6.45, 7) is 6.25. The van der Waals surface area contributed by atoms with Crippen molar-refractivity contribution in [2.24, 2.45) is 0 Å². The van der Waals surface area contributed by atoms with Crippen molar-refractivity contribution in [3.05, 3.63) is 16.3 Å². The highest BCUT2D eigenvalue weighted by atomic mass is 32.1. The third kappa shape index (κ3) is 3.65. The Bertz CT molecular complexity index is 742. The average molecular weight is 362 g/mol. The molecular formula is C18H26N4O2S. The average Bonchev–Trinajstić information content (AvgIpc) is 3.01. The lowest BCUT2D eigenvalue weighted by Crippen LogP contribution is -2.36. The van der Waals surface area contributed by atoms with Crippen LogP contribution in [0.4, 0.5) is 5.82 Å². The predicted molar refractivity (Wildman–Crippen MR) is 100 cm³/mol. The number of nitrogens with zero attached hydrogens (tertiary/aromatic N) is 3. The van der Waals surface area contributed by atoms with Gasteiger partial charge in [-0.3, -0.25) is 4.90 Å². The van der Waals surface area contributed by atoms with Crippen molar-refractivity contribution in [2.75, 3.05) is 38.2 Å². The molecule has 2 aromatic heterocycles. The highest BCUT2D eigenvalue weighted by Gasteiger charge is 2.22. The first kappa shape index (κ1) is 17.1. The van der Waals surface area contributed by atoms with Crippen molar-refractivity contribution in [2.45, 2.75) is 45.2 Å². The highest BCUT2D eigenvalue weighted by molar-refractivity contribution is 7.19. The molecule has 6 nitrogen and oxygen atoms in total. The van der Waals surface area contributed by atoms with Gasteiger partial charge in [0, 0.05) is 24.0 Å². The Labute approximate surface area is 152 Å². The van der Waals surface area contributed by atoms with Crippen LogP contribution in [0.3, 0.4) is 0 Å². The first-order valence-corrected chi connectivity index (χ1v) is 10.0. The molecule has 1 unspecified atom stereocenters. The highest BCUT2D eigenvalue weighted by Crippen LogP contribution is 2.38. The van der Waals surface area contributed by atoms with Gasteiger partial charge in [0.25, 0.3) is 0 Å². The molecule has 0 spiro atoms.